The second-order valence-electron chi connectivity index (χ2n) is 9.95. The molecule has 3 heterocycles. The lowest BCUT2D eigenvalue weighted by Crippen LogP contribution is -2.64. The van der Waals surface area contributed by atoms with Gasteiger partial charge in [-0.25, -0.2) is 4.79 Å². The second kappa shape index (κ2) is 8.10. The molecule has 3 atom stereocenters. The van der Waals surface area contributed by atoms with Crippen molar-refractivity contribution < 1.29 is 14.6 Å². The molecular weight excluding hydrogens is 428 g/mol. The molecule has 1 aromatic heterocycles. The summed E-state index contributed by atoms with van der Waals surface area (Å²) in [5.41, 5.74) is 1.02. The highest BCUT2D eigenvalue weighted by Crippen LogP contribution is 2.54. The molecule has 32 heavy (non-hydrogen) atoms. The van der Waals surface area contributed by atoms with E-state index in [-0.39, 0.29) is 23.0 Å². The summed E-state index contributed by atoms with van der Waals surface area (Å²) in [7, 11) is 3.64. The number of fused-ring (bicyclic) bond motifs is 2. The number of amides is 1. The van der Waals surface area contributed by atoms with Crippen LogP contribution in [-0.2, 0) is 0 Å². The Morgan fingerprint density at radius 3 is 2.62 bits per heavy atom. The van der Waals surface area contributed by atoms with E-state index in [1.165, 1.54) is 0 Å². The molecule has 2 aliphatic heterocycles. The number of anilines is 1. The molecule has 1 amide bonds. The number of methoxy groups -OCH3 is 1. The number of carbonyl (C=O) groups is 1. The van der Waals surface area contributed by atoms with E-state index < -0.39 is 6.09 Å². The Hall–Kier alpha value is -2.54. The highest BCUT2D eigenvalue weighted by Gasteiger charge is 2.59. The normalized spacial score (nSPS) is 25.0. The van der Waals surface area contributed by atoms with E-state index in [0.717, 1.165) is 37.1 Å². The predicted molar refractivity (Wildman–Crippen MR) is 126 cm³/mol. The Labute approximate surface area is 194 Å². The van der Waals surface area contributed by atoms with Gasteiger partial charge in [-0.1, -0.05) is 32.4 Å². The Morgan fingerprint density at radius 1 is 1.28 bits per heavy atom. The highest BCUT2D eigenvalue weighted by molar-refractivity contribution is 6.30. The Kier molecular flexibility index (Phi) is 5.74. The molecule has 1 aromatic carbocycles. The summed E-state index contributed by atoms with van der Waals surface area (Å²) in [6.45, 7) is 6.46. The number of carboxylic acid groups (broad SMARTS) is 1. The number of nitrogens with zero attached hydrogens (tertiary/aromatic N) is 4. The molecule has 2 aromatic rings. The van der Waals surface area contributed by atoms with Gasteiger partial charge >= 0.3 is 6.09 Å². The van der Waals surface area contributed by atoms with Crippen LogP contribution >= 0.6 is 11.6 Å². The minimum absolute atomic E-state index is 0.0403. The van der Waals surface area contributed by atoms with Gasteiger partial charge in [0, 0.05) is 29.7 Å². The van der Waals surface area contributed by atoms with Gasteiger partial charge in [0.1, 0.15) is 5.75 Å². The first-order valence-electron chi connectivity index (χ1n) is 11.0. The van der Waals surface area contributed by atoms with Crippen molar-refractivity contribution in [3.63, 3.8) is 0 Å². The molecule has 2 aliphatic rings. The third-order valence-corrected chi connectivity index (χ3v) is 7.67. The summed E-state index contributed by atoms with van der Waals surface area (Å²) in [5.74, 6) is 1.43. The number of piperidine rings is 1. The standard InChI is InChI=1S/C24H31ClN4O3/c1-23(2,3)24-11-10-16(29(24)22(30)31)13-17(14-24)28(4)21-9-8-19(26-27-21)18-7-6-15(25)12-20(18)32-5/h6-9,12,16-17H,10-11,13-14H2,1-5H3,(H,30,31)/t16-,17-,24+/m0/s1. The first kappa shape index (κ1) is 22.6. The van der Waals surface area contributed by atoms with Gasteiger partial charge in [-0.3, -0.25) is 4.90 Å². The number of ether oxygens (including phenoxy) is 1. The van der Waals surface area contributed by atoms with Crippen molar-refractivity contribution in [1.82, 2.24) is 15.1 Å². The van der Waals surface area contributed by atoms with Crippen LogP contribution in [-0.4, -0.2) is 58.1 Å². The fourth-order valence-electron chi connectivity index (χ4n) is 5.61. The molecule has 2 saturated heterocycles. The third-order valence-electron chi connectivity index (χ3n) is 7.44. The van der Waals surface area contributed by atoms with E-state index in [1.807, 2.05) is 25.2 Å². The average Bonchev–Trinajstić information content (AvgIpc) is 3.01. The van der Waals surface area contributed by atoms with Crippen molar-refractivity contribution in [2.75, 3.05) is 19.1 Å². The maximum Gasteiger partial charge on any atom is 0.408 e. The summed E-state index contributed by atoms with van der Waals surface area (Å²) in [5, 5.41) is 19.5. The fraction of sp³-hybridized carbons (Fsp3) is 0.542. The molecule has 172 valence electrons. The van der Waals surface area contributed by atoms with Gasteiger partial charge in [-0.2, -0.15) is 0 Å². The SMILES string of the molecule is COc1cc(Cl)ccc1-c1ccc(N(C)[C@H]2C[C@@H]3CC[C@](C(C)(C)C)(C2)N3C(=O)O)nn1. The largest absolute Gasteiger partial charge is 0.496 e. The Bertz CT molecular complexity index is 1010. The number of benzene rings is 1. The molecule has 2 fully saturated rings. The number of hydrogen-bond acceptors (Lipinski definition) is 5. The lowest BCUT2D eigenvalue weighted by atomic mass is 9.67. The van der Waals surface area contributed by atoms with Crippen LogP contribution in [0, 0.1) is 5.41 Å². The molecule has 2 bridgehead atoms. The quantitative estimate of drug-likeness (QED) is 0.666. The number of aromatic nitrogens is 2. The minimum Gasteiger partial charge on any atom is -0.496 e. The van der Waals surface area contributed by atoms with E-state index >= 15 is 0 Å². The van der Waals surface area contributed by atoms with Gasteiger partial charge in [0.05, 0.1) is 18.3 Å². The monoisotopic (exact) mass is 458 g/mol. The summed E-state index contributed by atoms with van der Waals surface area (Å²) >= 11 is 6.07. The molecule has 4 rings (SSSR count). The molecule has 1 N–H and O–H groups in total. The van der Waals surface area contributed by atoms with Crippen LogP contribution in [0.4, 0.5) is 10.6 Å². The van der Waals surface area contributed by atoms with Crippen molar-refractivity contribution >= 4 is 23.5 Å². The van der Waals surface area contributed by atoms with Gasteiger partial charge in [-0.05, 0) is 61.4 Å². The zero-order chi connectivity index (χ0) is 23.3. The fourth-order valence-corrected chi connectivity index (χ4v) is 5.77. The summed E-state index contributed by atoms with van der Waals surface area (Å²) in [6, 6.07) is 9.58. The van der Waals surface area contributed by atoms with E-state index in [2.05, 4.69) is 35.9 Å². The highest BCUT2D eigenvalue weighted by atomic mass is 35.5. The van der Waals surface area contributed by atoms with Gasteiger partial charge in [0.15, 0.2) is 5.82 Å². The van der Waals surface area contributed by atoms with Crippen LogP contribution in [0.5, 0.6) is 5.75 Å². The number of hydrogen-bond donors (Lipinski definition) is 1. The van der Waals surface area contributed by atoms with E-state index in [9.17, 15) is 9.90 Å². The van der Waals surface area contributed by atoms with Gasteiger partial charge in [0.2, 0.25) is 0 Å². The maximum absolute atomic E-state index is 12.1. The minimum atomic E-state index is -0.801. The third kappa shape index (κ3) is 3.66. The van der Waals surface area contributed by atoms with Crippen molar-refractivity contribution in [2.24, 2.45) is 5.41 Å². The molecule has 0 saturated carbocycles. The van der Waals surface area contributed by atoms with Crippen LogP contribution < -0.4 is 9.64 Å². The molecule has 0 unspecified atom stereocenters. The predicted octanol–water partition coefficient (Wildman–Crippen LogP) is 5.33. The topological polar surface area (TPSA) is 78.8 Å². The molecule has 7 nitrogen and oxygen atoms in total. The molecular formula is C24H31ClN4O3. The van der Waals surface area contributed by atoms with E-state index in [1.54, 1.807) is 24.1 Å². The van der Waals surface area contributed by atoms with E-state index in [4.69, 9.17) is 16.3 Å². The number of halogens is 1. The van der Waals surface area contributed by atoms with Crippen LogP contribution in [0.2, 0.25) is 5.02 Å². The van der Waals surface area contributed by atoms with Crippen LogP contribution in [0.15, 0.2) is 30.3 Å². The average molecular weight is 459 g/mol. The smallest absolute Gasteiger partial charge is 0.408 e. The van der Waals surface area contributed by atoms with Gasteiger partial charge < -0.3 is 14.7 Å². The lowest BCUT2D eigenvalue weighted by Gasteiger charge is -2.54. The lowest BCUT2D eigenvalue weighted by molar-refractivity contribution is -0.0204. The van der Waals surface area contributed by atoms with Crippen molar-refractivity contribution in [3.05, 3.63) is 35.4 Å². The van der Waals surface area contributed by atoms with Gasteiger partial charge in [0.25, 0.3) is 0 Å². The molecule has 0 aliphatic carbocycles. The van der Waals surface area contributed by atoms with E-state index in [0.29, 0.717) is 16.5 Å². The first-order chi connectivity index (χ1) is 15.1. The number of rotatable bonds is 4. The summed E-state index contributed by atoms with van der Waals surface area (Å²) < 4.78 is 5.44. The van der Waals surface area contributed by atoms with Crippen molar-refractivity contribution in [1.29, 1.82) is 0 Å². The Morgan fingerprint density at radius 2 is 2.03 bits per heavy atom. The zero-order valence-corrected chi connectivity index (χ0v) is 20.1. The maximum atomic E-state index is 12.1. The van der Waals surface area contributed by atoms with Crippen LogP contribution in [0.1, 0.15) is 46.5 Å². The molecule has 0 radical (unpaired) electrons. The summed E-state index contributed by atoms with van der Waals surface area (Å²) in [6.07, 6.45) is 2.59. The van der Waals surface area contributed by atoms with Crippen LogP contribution in [0.25, 0.3) is 11.3 Å². The molecule has 0 spiro atoms. The summed E-state index contributed by atoms with van der Waals surface area (Å²) in [4.78, 5) is 16.0. The second-order valence-corrected chi connectivity index (χ2v) is 10.4. The van der Waals surface area contributed by atoms with Crippen molar-refractivity contribution in [2.45, 2.75) is 64.1 Å². The first-order valence-corrected chi connectivity index (χ1v) is 11.4. The van der Waals surface area contributed by atoms with Gasteiger partial charge in [-0.15, -0.1) is 10.2 Å². The molecule has 8 heteroatoms. The Balaban J connectivity index is 1.59. The zero-order valence-electron chi connectivity index (χ0n) is 19.3. The van der Waals surface area contributed by atoms with Crippen molar-refractivity contribution in [3.8, 4) is 17.0 Å². The van der Waals surface area contributed by atoms with Crippen LogP contribution in [0.3, 0.4) is 0 Å².